The highest BCUT2D eigenvalue weighted by molar-refractivity contribution is 7.11. The standard InChI is InChI=1S/C27H14ClF3N2OS/c28-23-9-7-20(27(29,30)31)13-22(23)25-10-8-21(34-25)12-19(14-32)26-33-24(15-35-26)18-6-5-16-3-1-2-4-17(16)11-18/h1-13,15H/b19-12+. The molecule has 0 N–H and O–H groups in total. The Labute approximate surface area is 207 Å². The lowest BCUT2D eigenvalue weighted by Gasteiger charge is -2.09. The van der Waals surface area contributed by atoms with Gasteiger partial charge in [-0.05, 0) is 47.2 Å². The van der Waals surface area contributed by atoms with Crippen molar-refractivity contribution in [1.29, 1.82) is 5.26 Å². The van der Waals surface area contributed by atoms with Crippen LogP contribution in [0.2, 0.25) is 5.02 Å². The number of furan rings is 1. The van der Waals surface area contributed by atoms with E-state index in [9.17, 15) is 18.4 Å². The lowest BCUT2D eigenvalue weighted by molar-refractivity contribution is -0.137. The zero-order valence-electron chi connectivity index (χ0n) is 17.8. The highest BCUT2D eigenvalue weighted by atomic mass is 35.5. The van der Waals surface area contributed by atoms with Crippen LogP contribution in [0.3, 0.4) is 0 Å². The first-order valence-electron chi connectivity index (χ1n) is 10.4. The molecule has 2 heterocycles. The minimum absolute atomic E-state index is 0.118. The largest absolute Gasteiger partial charge is 0.457 e. The molecule has 0 saturated heterocycles. The van der Waals surface area contributed by atoms with Crippen molar-refractivity contribution in [3.05, 3.63) is 99.5 Å². The second-order valence-electron chi connectivity index (χ2n) is 7.66. The molecule has 0 aliphatic rings. The van der Waals surface area contributed by atoms with Crippen molar-refractivity contribution in [2.45, 2.75) is 6.18 Å². The number of hydrogen-bond acceptors (Lipinski definition) is 4. The van der Waals surface area contributed by atoms with Gasteiger partial charge in [-0.25, -0.2) is 4.98 Å². The Morgan fingerprint density at radius 3 is 2.57 bits per heavy atom. The molecule has 35 heavy (non-hydrogen) atoms. The number of alkyl halides is 3. The van der Waals surface area contributed by atoms with Gasteiger partial charge in [-0.2, -0.15) is 18.4 Å². The van der Waals surface area contributed by atoms with E-state index in [1.807, 2.05) is 47.8 Å². The van der Waals surface area contributed by atoms with Gasteiger partial charge in [0.2, 0.25) is 0 Å². The fraction of sp³-hybridized carbons (Fsp3) is 0.0370. The van der Waals surface area contributed by atoms with Gasteiger partial charge < -0.3 is 4.42 Å². The second-order valence-corrected chi connectivity index (χ2v) is 8.93. The number of nitrogens with zero attached hydrogens (tertiary/aromatic N) is 2. The number of fused-ring (bicyclic) bond motifs is 1. The highest BCUT2D eigenvalue weighted by Gasteiger charge is 2.31. The van der Waals surface area contributed by atoms with Crippen LogP contribution in [0.4, 0.5) is 13.2 Å². The molecule has 5 rings (SSSR count). The predicted octanol–water partition coefficient (Wildman–Crippen LogP) is 8.96. The molecule has 172 valence electrons. The maximum Gasteiger partial charge on any atom is 0.416 e. The van der Waals surface area contributed by atoms with Crippen LogP contribution < -0.4 is 0 Å². The lowest BCUT2D eigenvalue weighted by atomic mass is 10.1. The molecule has 0 radical (unpaired) electrons. The average molecular weight is 507 g/mol. The molecule has 0 bridgehead atoms. The first kappa shape index (κ1) is 22.9. The molecule has 0 aliphatic heterocycles. The van der Waals surface area contributed by atoms with Gasteiger partial charge in [0, 0.05) is 22.6 Å². The maximum absolute atomic E-state index is 13.1. The van der Waals surface area contributed by atoms with Crippen molar-refractivity contribution in [2.75, 3.05) is 0 Å². The molecular formula is C27H14ClF3N2OS. The molecule has 0 amide bonds. The van der Waals surface area contributed by atoms with Crippen molar-refractivity contribution in [3.8, 4) is 28.7 Å². The molecule has 3 nitrogen and oxygen atoms in total. The molecule has 0 saturated carbocycles. The van der Waals surface area contributed by atoms with E-state index in [4.69, 9.17) is 16.0 Å². The number of benzene rings is 3. The van der Waals surface area contributed by atoms with Gasteiger partial charge in [0.05, 0.1) is 21.9 Å². The van der Waals surface area contributed by atoms with Crippen molar-refractivity contribution in [1.82, 2.24) is 4.98 Å². The molecule has 0 unspecified atom stereocenters. The third-order valence-corrected chi connectivity index (χ3v) is 6.58. The number of hydrogen-bond donors (Lipinski definition) is 0. The fourth-order valence-electron chi connectivity index (χ4n) is 3.63. The van der Waals surface area contributed by atoms with E-state index >= 15 is 0 Å². The van der Waals surface area contributed by atoms with Crippen LogP contribution in [0.1, 0.15) is 16.3 Å². The number of thiazole rings is 1. The Balaban J connectivity index is 1.45. The minimum Gasteiger partial charge on any atom is -0.457 e. The molecule has 5 aromatic rings. The summed E-state index contributed by atoms with van der Waals surface area (Å²) >= 11 is 7.44. The maximum atomic E-state index is 13.1. The third kappa shape index (κ3) is 4.72. The Morgan fingerprint density at radius 1 is 1.00 bits per heavy atom. The van der Waals surface area contributed by atoms with Crippen molar-refractivity contribution >= 4 is 45.4 Å². The van der Waals surface area contributed by atoms with Gasteiger partial charge in [0.15, 0.2) is 0 Å². The smallest absolute Gasteiger partial charge is 0.416 e. The summed E-state index contributed by atoms with van der Waals surface area (Å²) in [6.45, 7) is 0. The van der Waals surface area contributed by atoms with Crippen LogP contribution in [0.5, 0.6) is 0 Å². The van der Waals surface area contributed by atoms with E-state index in [2.05, 4.69) is 11.1 Å². The summed E-state index contributed by atoms with van der Waals surface area (Å²) in [5, 5.41) is 14.4. The molecular weight excluding hydrogens is 493 g/mol. The zero-order valence-corrected chi connectivity index (χ0v) is 19.4. The SMILES string of the molecule is N#C/C(=C\c1ccc(-c2cc(C(F)(F)F)ccc2Cl)o1)c1nc(-c2ccc3ccccc3c2)cs1. The van der Waals surface area contributed by atoms with E-state index in [0.29, 0.717) is 10.8 Å². The minimum atomic E-state index is -4.50. The summed E-state index contributed by atoms with van der Waals surface area (Å²) in [6, 6.07) is 22.3. The Bertz CT molecular complexity index is 1630. The molecule has 0 atom stereocenters. The van der Waals surface area contributed by atoms with Crippen molar-refractivity contribution in [3.63, 3.8) is 0 Å². The molecule has 0 spiro atoms. The van der Waals surface area contributed by atoms with Gasteiger partial charge in [0.25, 0.3) is 0 Å². The van der Waals surface area contributed by atoms with Crippen molar-refractivity contribution < 1.29 is 17.6 Å². The highest BCUT2D eigenvalue weighted by Crippen LogP contribution is 2.37. The molecule has 0 aliphatic carbocycles. The zero-order chi connectivity index (χ0) is 24.6. The van der Waals surface area contributed by atoms with Gasteiger partial charge in [-0.15, -0.1) is 11.3 Å². The van der Waals surface area contributed by atoms with Crippen LogP contribution >= 0.6 is 22.9 Å². The summed E-state index contributed by atoms with van der Waals surface area (Å²) in [4.78, 5) is 4.61. The number of aromatic nitrogens is 1. The van der Waals surface area contributed by atoms with E-state index in [1.165, 1.54) is 29.5 Å². The summed E-state index contributed by atoms with van der Waals surface area (Å²) < 4.78 is 45.0. The number of rotatable bonds is 4. The number of allylic oxidation sites excluding steroid dienone is 1. The Hall–Kier alpha value is -3.86. The first-order valence-corrected chi connectivity index (χ1v) is 11.6. The molecule has 0 fully saturated rings. The molecule has 8 heteroatoms. The molecule has 3 aromatic carbocycles. The normalized spacial score (nSPS) is 12.1. The van der Waals surface area contributed by atoms with Crippen LogP contribution in [-0.4, -0.2) is 4.98 Å². The molecule has 2 aromatic heterocycles. The predicted molar refractivity (Wildman–Crippen MR) is 133 cm³/mol. The van der Waals surface area contributed by atoms with E-state index in [0.717, 1.165) is 34.2 Å². The van der Waals surface area contributed by atoms with Crippen LogP contribution in [0, 0.1) is 11.3 Å². The average Bonchev–Trinajstić information content (AvgIpc) is 3.52. The fourth-order valence-corrected chi connectivity index (χ4v) is 4.63. The van der Waals surface area contributed by atoms with E-state index in [-0.39, 0.29) is 21.9 Å². The number of halogens is 4. The quantitative estimate of drug-likeness (QED) is 0.228. The number of nitriles is 1. The van der Waals surface area contributed by atoms with Crippen molar-refractivity contribution in [2.24, 2.45) is 0 Å². The lowest BCUT2D eigenvalue weighted by Crippen LogP contribution is -2.04. The summed E-state index contributed by atoms with van der Waals surface area (Å²) in [5.41, 5.74) is 1.24. The van der Waals surface area contributed by atoms with Gasteiger partial charge >= 0.3 is 6.18 Å². The van der Waals surface area contributed by atoms with Gasteiger partial charge in [-0.3, -0.25) is 0 Å². The summed E-state index contributed by atoms with van der Waals surface area (Å²) in [7, 11) is 0. The van der Waals surface area contributed by atoms with Crippen LogP contribution in [0.15, 0.2) is 82.6 Å². The summed E-state index contributed by atoms with van der Waals surface area (Å²) in [5.74, 6) is 0.466. The van der Waals surface area contributed by atoms with Gasteiger partial charge in [-0.1, -0.05) is 48.0 Å². The third-order valence-electron chi connectivity index (χ3n) is 5.37. The second kappa shape index (κ2) is 9.06. The monoisotopic (exact) mass is 506 g/mol. The van der Waals surface area contributed by atoms with Crippen LogP contribution in [0.25, 0.3) is 45.0 Å². The van der Waals surface area contributed by atoms with E-state index < -0.39 is 11.7 Å². The topological polar surface area (TPSA) is 49.8 Å². The van der Waals surface area contributed by atoms with Gasteiger partial charge in [0.1, 0.15) is 22.6 Å². The Kier molecular flexibility index (Phi) is 5.93. The summed E-state index contributed by atoms with van der Waals surface area (Å²) in [6.07, 6.45) is -3.00. The Morgan fingerprint density at radius 2 is 1.80 bits per heavy atom. The van der Waals surface area contributed by atoms with E-state index in [1.54, 1.807) is 6.07 Å². The van der Waals surface area contributed by atoms with Crippen LogP contribution in [-0.2, 0) is 6.18 Å². The first-order chi connectivity index (χ1) is 16.8.